The molecule has 0 saturated heterocycles. The van der Waals surface area contributed by atoms with E-state index in [0.717, 1.165) is 5.69 Å². The van der Waals surface area contributed by atoms with Crippen LogP contribution in [0.1, 0.15) is 12.8 Å². The van der Waals surface area contributed by atoms with Crippen molar-refractivity contribution in [2.75, 3.05) is 18.5 Å². The molecule has 0 spiro atoms. The minimum absolute atomic E-state index is 0.0728. The number of rotatable bonds is 5. The number of primary sulfonamides is 1. The van der Waals surface area contributed by atoms with Crippen molar-refractivity contribution in [1.29, 1.82) is 0 Å². The molecule has 0 aliphatic carbocycles. The molecule has 21 heavy (non-hydrogen) atoms. The van der Waals surface area contributed by atoms with E-state index >= 15 is 0 Å². The van der Waals surface area contributed by atoms with Gasteiger partial charge in [-0.1, -0.05) is 11.6 Å². The van der Waals surface area contributed by atoms with Crippen molar-refractivity contribution in [3.63, 3.8) is 0 Å². The molecule has 10 heteroatoms. The van der Waals surface area contributed by atoms with Crippen LogP contribution in [0.15, 0.2) is 21.9 Å². The predicted molar refractivity (Wildman–Crippen MR) is 80.7 cm³/mol. The highest BCUT2D eigenvalue weighted by atomic mass is 35.5. The number of benzene rings is 1. The van der Waals surface area contributed by atoms with E-state index in [1.807, 2.05) is 4.31 Å². The Kier molecular flexibility index (Phi) is 4.99. The number of carbonyl (C=O) groups is 1. The summed E-state index contributed by atoms with van der Waals surface area (Å²) in [6.45, 7) is 1.08. The number of hydrogen-bond donors (Lipinski definition) is 3. The summed E-state index contributed by atoms with van der Waals surface area (Å²) in [6.07, 6.45) is 0.599. The fourth-order valence-electron chi connectivity index (χ4n) is 1.84. The van der Waals surface area contributed by atoms with E-state index in [4.69, 9.17) is 21.8 Å². The lowest BCUT2D eigenvalue weighted by Gasteiger charge is -2.29. The summed E-state index contributed by atoms with van der Waals surface area (Å²) in [5.41, 5.74) is 0.729. The molecule has 0 saturated carbocycles. The van der Waals surface area contributed by atoms with Crippen molar-refractivity contribution in [3.05, 3.63) is 17.2 Å². The quantitative estimate of drug-likeness (QED) is 0.689. The maximum Gasteiger partial charge on any atom is 0.303 e. The third-order valence-electron chi connectivity index (χ3n) is 2.81. The molecular formula is C11H14ClN3O4S2. The number of nitrogens with two attached hydrogens (primary N) is 1. The lowest BCUT2D eigenvalue weighted by molar-refractivity contribution is -0.137. The first kappa shape index (κ1) is 16.4. The first-order valence-corrected chi connectivity index (χ1v) is 8.72. The van der Waals surface area contributed by atoms with Gasteiger partial charge in [-0.15, -0.1) is 0 Å². The van der Waals surface area contributed by atoms with Crippen LogP contribution >= 0.6 is 23.5 Å². The van der Waals surface area contributed by atoms with Crippen LogP contribution in [0, 0.1) is 0 Å². The monoisotopic (exact) mass is 351 g/mol. The first-order chi connectivity index (χ1) is 9.77. The standard InChI is InChI=1S/C11H14ClN3O4S2/c12-7-4-8-9(5-10(7)21(13,18)19)20-15(6-14-8)3-1-2-11(16)17/h4-5,14H,1-3,6H2,(H,16,17)(H2,13,18,19). The van der Waals surface area contributed by atoms with Gasteiger partial charge in [0.05, 0.1) is 17.4 Å². The van der Waals surface area contributed by atoms with Crippen LogP contribution in [0.2, 0.25) is 5.02 Å². The third kappa shape index (κ3) is 4.24. The molecule has 0 unspecified atom stereocenters. The number of aliphatic carboxylic acids is 1. The zero-order valence-corrected chi connectivity index (χ0v) is 13.3. The van der Waals surface area contributed by atoms with Crippen molar-refractivity contribution in [1.82, 2.24) is 4.31 Å². The summed E-state index contributed by atoms with van der Waals surface area (Å²) in [5, 5.41) is 16.9. The van der Waals surface area contributed by atoms with Crippen molar-refractivity contribution in [2.24, 2.45) is 5.14 Å². The second kappa shape index (κ2) is 6.41. The number of carboxylic acid groups (broad SMARTS) is 1. The Bertz CT molecular complexity index is 666. The van der Waals surface area contributed by atoms with Gasteiger partial charge in [-0.05, 0) is 30.5 Å². The summed E-state index contributed by atoms with van der Waals surface area (Å²) >= 11 is 7.26. The van der Waals surface area contributed by atoms with Gasteiger partial charge in [0.1, 0.15) is 4.90 Å². The van der Waals surface area contributed by atoms with Gasteiger partial charge in [0.2, 0.25) is 10.0 Å². The number of sulfonamides is 1. The van der Waals surface area contributed by atoms with Gasteiger partial charge in [0, 0.05) is 17.9 Å². The summed E-state index contributed by atoms with van der Waals surface area (Å²) in [4.78, 5) is 11.1. The van der Waals surface area contributed by atoms with E-state index in [1.165, 1.54) is 24.1 Å². The summed E-state index contributed by atoms with van der Waals surface area (Å²) in [5.74, 6) is -0.839. The number of nitrogens with one attached hydrogen (secondary N) is 1. The van der Waals surface area contributed by atoms with Crippen molar-refractivity contribution >= 4 is 45.2 Å². The molecule has 0 atom stereocenters. The normalized spacial score (nSPS) is 15.3. The van der Waals surface area contributed by atoms with Crippen molar-refractivity contribution < 1.29 is 18.3 Å². The number of hydrogen-bond acceptors (Lipinski definition) is 6. The van der Waals surface area contributed by atoms with Gasteiger partial charge in [-0.3, -0.25) is 4.79 Å². The van der Waals surface area contributed by atoms with Crippen molar-refractivity contribution in [3.8, 4) is 0 Å². The molecule has 1 heterocycles. The predicted octanol–water partition coefficient (Wildman–Crippen LogP) is 1.54. The second-order valence-electron chi connectivity index (χ2n) is 4.45. The minimum Gasteiger partial charge on any atom is -0.481 e. The molecule has 0 amide bonds. The Labute approximate surface area is 131 Å². The van der Waals surface area contributed by atoms with Crippen LogP contribution in [-0.2, 0) is 14.8 Å². The van der Waals surface area contributed by atoms with E-state index in [0.29, 0.717) is 24.5 Å². The van der Waals surface area contributed by atoms with Gasteiger partial charge >= 0.3 is 5.97 Å². The molecule has 1 aliphatic heterocycles. The van der Waals surface area contributed by atoms with Gasteiger partial charge in [-0.2, -0.15) is 0 Å². The number of nitrogens with zero attached hydrogens (tertiary/aromatic N) is 1. The Hall–Kier alpha value is -1.00. The first-order valence-electron chi connectivity index (χ1n) is 6.02. The topological polar surface area (TPSA) is 113 Å². The lowest BCUT2D eigenvalue weighted by Crippen LogP contribution is -2.28. The Morgan fingerprint density at radius 1 is 1.52 bits per heavy atom. The van der Waals surface area contributed by atoms with Crippen LogP contribution < -0.4 is 10.5 Å². The summed E-state index contributed by atoms with van der Waals surface area (Å²) in [7, 11) is -3.88. The van der Waals surface area contributed by atoms with Crippen LogP contribution in [0.4, 0.5) is 5.69 Å². The molecule has 0 aromatic heterocycles. The second-order valence-corrected chi connectivity index (χ2v) is 7.53. The van der Waals surface area contributed by atoms with Gasteiger partial charge in [0.15, 0.2) is 0 Å². The molecule has 4 N–H and O–H groups in total. The molecule has 0 fully saturated rings. The highest BCUT2D eigenvalue weighted by Crippen LogP contribution is 2.38. The van der Waals surface area contributed by atoms with E-state index in [1.54, 1.807) is 0 Å². The van der Waals surface area contributed by atoms with Crippen LogP contribution in [0.5, 0.6) is 0 Å². The average molecular weight is 352 g/mol. The summed E-state index contributed by atoms with van der Waals surface area (Å²) < 4.78 is 24.8. The molecule has 1 aliphatic rings. The number of carboxylic acids is 1. The molecule has 7 nitrogen and oxygen atoms in total. The van der Waals surface area contributed by atoms with Gasteiger partial charge in [0.25, 0.3) is 0 Å². The Balaban J connectivity index is 2.14. The lowest BCUT2D eigenvalue weighted by atomic mass is 10.3. The molecule has 1 aromatic carbocycles. The Morgan fingerprint density at radius 2 is 2.24 bits per heavy atom. The smallest absolute Gasteiger partial charge is 0.303 e. The van der Waals surface area contributed by atoms with Crippen LogP contribution in [0.3, 0.4) is 0 Å². The largest absolute Gasteiger partial charge is 0.481 e. The summed E-state index contributed by atoms with van der Waals surface area (Å²) in [6, 6.07) is 2.95. The maximum atomic E-state index is 11.5. The number of fused-ring (bicyclic) bond motifs is 1. The van der Waals surface area contributed by atoms with Gasteiger partial charge < -0.3 is 10.4 Å². The zero-order chi connectivity index (χ0) is 15.6. The molecule has 2 rings (SSSR count). The van der Waals surface area contributed by atoms with E-state index in [2.05, 4.69) is 5.32 Å². The van der Waals surface area contributed by atoms with E-state index in [-0.39, 0.29) is 16.3 Å². The minimum atomic E-state index is -3.88. The molecule has 116 valence electrons. The molecular weight excluding hydrogens is 338 g/mol. The maximum absolute atomic E-state index is 11.5. The third-order valence-corrected chi connectivity index (χ3v) is 5.29. The van der Waals surface area contributed by atoms with E-state index < -0.39 is 16.0 Å². The highest BCUT2D eigenvalue weighted by molar-refractivity contribution is 7.97. The highest BCUT2D eigenvalue weighted by Gasteiger charge is 2.22. The molecule has 0 bridgehead atoms. The fraction of sp³-hybridized carbons (Fsp3) is 0.364. The SMILES string of the molecule is NS(=O)(=O)c1cc2c(cc1Cl)NCN(CCCC(=O)O)S2. The van der Waals surface area contributed by atoms with Crippen molar-refractivity contribution in [2.45, 2.75) is 22.6 Å². The molecule has 0 radical (unpaired) electrons. The Morgan fingerprint density at radius 3 is 2.86 bits per heavy atom. The number of anilines is 1. The molecule has 1 aromatic rings. The van der Waals surface area contributed by atoms with E-state index in [9.17, 15) is 13.2 Å². The number of halogens is 1. The zero-order valence-electron chi connectivity index (χ0n) is 10.9. The van der Waals surface area contributed by atoms with Gasteiger partial charge in [-0.25, -0.2) is 17.9 Å². The van der Waals surface area contributed by atoms with Crippen LogP contribution in [-0.4, -0.2) is 37.0 Å². The fourth-order valence-corrected chi connectivity index (χ4v) is 4.04. The van der Waals surface area contributed by atoms with Crippen LogP contribution in [0.25, 0.3) is 0 Å². The average Bonchev–Trinajstić information content (AvgIpc) is 2.36.